The summed E-state index contributed by atoms with van der Waals surface area (Å²) < 4.78 is 2.40. The van der Waals surface area contributed by atoms with Gasteiger partial charge in [0.15, 0.2) is 0 Å². The minimum absolute atomic E-state index is 0.389. The minimum atomic E-state index is 0.389. The molecule has 0 radical (unpaired) electrons. The molecule has 0 saturated carbocycles. The Labute approximate surface area is 133 Å². The van der Waals surface area contributed by atoms with Crippen LogP contribution in [0.2, 0.25) is 0 Å². The summed E-state index contributed by atoms with van der Waals surface area (Å²) in [6.45, 7) is 3.25. The van der Waals surface area contributed by atoms with Crippen molar-refractivity contribution in [1.29, 1.82) is 0 Å². The van der Waals surface area contributed by atoms with Crippen molar-refractivity contribution in [2.45, 2.75) is 25.8 Å². The quantitative estimate of drug-likeness (QED) is 0.654. The standard InChI is InChI=1S/C13H15Br2NS2/c1-2-5-16-11(7-9-4-3-6-17-9)10-8-12(14)18-13(10)15/h3-4,6,8,11,16H,2,5,7H2,1H3. The van der Waals surface area contributed by atoms with Crippen LogP contribution in [0, 0.1) is 0 Å². The normalized spacial score (nSPS) is 12.8. The monoisotopic (exact) mass is 407 g/mol. The predicted octanol–water partition coefficient (Wildman–Crippen LogP) is 5.62. The van der Waals surface area contributed by atoms with Crippen LogP contribution in [0.25, 0.3) is 0 Å². The van der Waals surface area contributed by atoms with E-state index in [4.69, 9.17) is 0 Å². The summed E-state index contributed by atoms with van der Waals surface area (Å²) in [4.78, 5) is 1.43. The Morgan fingerprint density at radius 2 is 2.22 bits per heavy atom. The predicted molar refractivity (Wildman–Crippen MR) is 88.8 cm³/mol. The molecule has 0 spiro atoms. The molecule has 1 nitrogen and oxygen atoms in total. The van der Waals surface area contributed by atoms with E-state index in [-0.39, 0.29) is 0 Å². The second kappa shape index (κ2) is 7.20. The van der Waals surface area contributed by atoms with Crippen LogP contribution in [0.15, 0.2) is 31.2 Å². The van der Waals surface area contributed by atoms with Crippen LogP contribution < -0.4 is 5.32 Å². The van der Waals surface area contributed by atoms with Crippen LogP contribution in [0.1, 0.15) is 29.8 Å². The van der Waals surface area contributed by atoms with Crippen LogP contribution in [0.5, 0.6) is 0 Å². The molecule has 1 N–H and O–H groups in total. The molecule has 2 aromatic heterocycles. The second-order valence-corrected chi connectivity index (χ2v) is 8.85. The van der Waals surface area contributed by atoms with Gasteiger partial charge in [0.05, 0.1) is 7.57 Å². The average Bonchev–Trinajstić information content (AvgIpc) is 2.94. The Hall–Kier alpha value is 0.320. The lowest BCUT2D eigenvalue weighted by atomic mass is 10.1. The molecule has 0 aliphatic rings. The number of hydrogen-bond donors (Lipinski definition) is 1. The smallest absolute Gasteiger partial charge is 0.0758 e. The summed E-state index contributed by atoms with van der Waals surface area (Å²) in [7, 11) is 0. The van der Waals surface area contributed by atoms with Gasteiger partial charge in [0.2, 0.25) is 0 Å². The fourth-order valence-electron chi connectivity index (χ4n) is 1.83. The first-order chi connectivity index (χ1) is 8.70. The summed E-state index contributed by atoms with van der Waals surface area (Å²) in [6, 6.07) is 6.94. The number of rotatable bonds is 6. The van der Waals surface area contributed by atoms with Crippen LogP contribution in [0.4, 0.5) is 0 Å². The van der Waals surface area contributed by atoms with Crippen molar-refractivity contribution in [3.05, 3.63) is 41.6 Å². The van der Waals surface area contributed by atoms with Crippen LogP contribution in [0.3, 0.4) is 0 Å². The summed E-state index contributed by atoms with van der Waals surface area (Å²) in [5.74, 6) is 0. The molecular weight excluding hydrogens is 394 g/mol. The SMILES string of the molecule is CCCNC(Cc1cccs1)c1cc(Br)sc1Br. The summed E-state index contributed by atoms with van der Waals surface area (Å²) in [5.41, 5.74) is 1.36. The molecule has 0 bridgehead atoms. The third kappa shape index (κ3) is 3.90. The van der Waals surface area contributed by atoms with Gasteiger partial charge in [-0.2, -0.15) is 0 Å². The van der Waals surface area contributed by atoms with E-state index >= 15 is 0 Å². The summed E-state index contributed by atoms with van der Waals surface area (Å²) >= 11 is 10.8. The molecule has 5 heteroatoms. The van der Waals surface area contributed by atoms with Gasteiger partial charge in [0, 0.05) is 17.3 Å². The van der Waals surface area contributed by atoms with Gasteiger partial charge in [-0.05, 0) is 67.9 Å². The molecule has 0 fully saturated rings. The van der Waals surface area contributed by atoms with Gasteiger partial charge in [-0.1, -0.05) is 13.0 Å². The van der Waals surface area contributed by atoms with E-state index in [0.717, 1.165) is 19.4 Å². The van der Waals surface area contributed by atoms with Crippen molar-refractivity contribution in [1.82, 2.24) is 5.32 Å². The van der Waals surface area contributed by atoms with E-state index < -0.39 is 0 Å². The van der Waals surface area contributed by atoms with Gasteiger partial charge in [0.25, 0.3) is 0 Å². The average molecular weight is 409 g/mol. The number of hydrogen-bond acceptors (Lipinski definition) is 3. The first-order valence-electron chi connectivity index (χ1n) is 5.91. The van der Waals surface area contributed by atoms with Crippen LogP contribution >= 0.6 is 54.5 Å². The van der Waals surface area contributed by atoms with E-state index in [0.29, 0.717) is 6.04 Å². The molecule has 0 aromatic carbocycles. The first-order valence-corrected chi connectivity index (χ1v) is 9.19. The number of nitrogens with one attached hydrogen (secondary N) is 1. The molecule has 1 unspecified atom stereocenters. The molecule has 0 aliphatic heterocycles. The Morgan fingerprint density at radius 3 is 2.78 bits per heavy atom. The van der Waals surface area contributed by atoms with E-state index in [1.807, 2.05) is 11.3 Å². The lowest BCUT2D eigenvalue weighted by Gasteiger charge is -2.17. The highest BCUT2D eigenvalue weighted by Gasteiger charge is 2.17. The second-order valence-electron chi connectivity index (χ2n) is 4.07. The summed E-state index contributed by atoms with van der Waals surface area (Å²) in [5, 5.41) is 5.78. The molecule has 98 valence electrons. The Balaban J connectivity index is 2.16. The zero-order chi connectivity index (χ0) is 13.0. The van der Waals surface area contributed by atoms with E-state index in [1.54, 1.807) is 11.3 Å². The van der Waals surface area contributed by atoms with Crippen molar-refractivity contribution in [3.63, 3.8) is 0 Å². The lowest BCUT2D eigenvalue weighted by Crippen LogP contribution is -2.23. The zero-order valence-electron chi connectivity index (χ0n) is 10.1. The maximum atomic E-state index is 3.67. The van der Waals surface area contributed by atoms with Gasteiger partial charge in [0.1, 0.15) is 0 Å². The molecule has 0 aliphatic carbocycles. The van der Waals surface area contributed by atoms with Crippen molar-refractivity contribution >= 4 is 54.5 Å². The largest absolute Gasteiger partial charge is 0.310 e. The molecule has 18 heavy (non-hydrogen) atoms. The number of halogens is 2. The van der Waals surface area contributed by atoms with Gasteiger partial charge in [-0.3, -0.25) is 0 Å². The van der Waals surface area contributed by atoms with Gasteiger partial charge >= 0.3 is 0 Å². The fraction of sp³-hybridized carbons (Fsp3) is 0.385. The molecule has 0 saturated heterocycles. The number of thiophene rings is 2. The van der Waals surface area contributed by atoms with Gasteiger partial charge in [-0.25, -0.2) is 0 Å². The molecule has 1 atom stereocenters. The van der Waals surface area contributed by atoms with Crippen LogP contribution in [-0.2, 0) is 6.42 Å². The molecular formula is C13H15Br2NS2. The minimum Gasteiger partial charge on any atom is -0.310 e. The van der Waals surface area contributed by atoms with Gasteiger partial charge < -0.3 is 5.32 Å². The molecule has 2 aromatic rings. The van der Waals surface area contributed by atoms with Crippen molar-refractivity contribution in [3.8, 4) is 0 Å². The molecule has 0 amide bonds. The van der Waals surface area contributed by atoms with Crippen molar-refractivity contribution < 1.29 is 0 Å². The maximum absolute atomic E-state index is 3.67. The third-order valence-corrected chi connectivity index (χ3v) is 5.97. The Bertz CT molecular complexity index is 479. The first kappa shape index (κ1) is 14.7. The Morgan fingerprint density at radius 1 is 1.39 bits per heavy atom. The van der Waals surface area contributed by atoms with Gasteiger partial charge in [-0.15, -0.1) is 22.7 Å². The highest BCUT2D eigenvalue weighted by atomic mass is 79.9. The van der Waals surface area contributed by atoms with Crippen molar-refractivity contribution in [2.24, 2.45) is 0 Å². The zero-order valence-corrected chi connectivity index (χ0v) is 14.9. The lowest BCUT2D eigenvalue weighted by molar-refractivity contribution is 0.532. The van der Waals surface area contributed by atoms with E-state index in [1.165, 1.54) is 18.0 Å². The highest BCUT2D eigenvalue weighted by molar-refractivity contribution is 9.12. The molecule has 2 heterocycles. The molecule has 2 rings (SSSR count). The van der Waals surface area contributed by atoms with Crippen molar-refractivity contribution in [2.75, 3.05) is 6.54 Å². The van der Waals surface area contributed by atoms with E-state index in [2.05, 4.69) is 67.7 Å². The Kier molecular flexibility index (Phi) is 5.89. The van der Waals surface area contributed by atoms with E-state index in [9.17, 15) is 0 Å². The maximum Gasteiger partial charge on any atom is 0.0758 e. The van der Waals surface area contributed by atoms with Crippen LogP contribution in [-0.4, -0.2) is 6.54 Å². The third-order valence-electron chi connectivity index (χ3n) is 2.68. The topological polar surface area (TPSA) is 12.0 Å². The highest BCUT2D eigenvalue weighted by Crippen LogP contribution is 2.37. The summed E-state index contributed by atoms with van der Waals surface area (Å²) in [6.07, 6.45) is 2.21. The fourth-order valence-corrected chi connectivity index (χ4v) is 5.56.